The van der Waals surface area contributed by atoms with Crippen molar-refractivity contribution in [2.75, 3.05) is 19.6 Å². The molecule has 1 aromatic rings. The van der Waals surface area contributed by atoms with Crippen LogP contribution < -0.4 is 0 Å². The van der Waals surface area contributed by atoms with Crippen LogP contribution in [-0.2, 0) is 16.0 Å². The molecule has 144 valence electrons. The molecule has 0 aliphatic carbocycles. The number of rotatable bonds is 8. The molecule has 1 heterocycles. The molecule has 1 atom stereocenters. The monoisotopic (exact) mass is 398 g/mol. The van der Waals surface area contributed by atoms with E-state index in [9.17, 15) is 9.59 Å². The zero-order chi connectivity index (χ0) is 19.1. The number of hydrogen-bond acceptors (Lipinski definition) is 2. The first-order valence-corrected chi connectivity index (χ1v) is 10.3. The molecule has 1 unspecified atom stereocenters. The lowest BCUT2D eigenvalue weighted by atomic mass is 9.93. The van der Waals surface area contributed by atoms with Crippen LogP contribution in [0.5, 0.6) is 0 Å². The zero-order valence-electron chi connectivity index (χ0n) is 15.6. The summed E-state index contributed by atoms with van der Waals surface area (Å²) in [7, 11) is 0. The van der Waals surface area contributed by atoms with E-state index in [4.69, 9.17) is 23.2 Å². The topological polar surface area (TPSA) is 40.6 Å². The zero-order valence-corrected chi connectivity index (χ0v) is 17.1. The smallest absolute Gasteiger partial charge is 0.256 e. The van der Waals surface area contributed by atoms with Crippen LogP contribution in [0.1, 0.15) is 56.7 Å². The van der Waals surface area contributed by atoms with Crippen molar-refractivity contribution in [3.8, 4) is 0 Å². The number of benzene rings is 1. The first-order valence-electron chi connectivity index (χ1n) is 9.40. The van der Waals surface area contributed by atoms with Gasteiger partial charge in [-0.2, -0.15) is 0 Å². The Morgan fingerprint density at radius 1 is 1.23 bits per heavy atom. The van der Waals surface area contributed by atoms with Crippen LogP contribution in [-0.4, -0.2) is 46.1 Å². The molecule has 26 heavy (non-hydrogen) atoms. The summed E-state index contributed by atoms with van der Waals surface area (Å²) in [5, 5.41) is 0. The number of fused-ring (bicyclic) bond motifs is 1. The fraction of sp³-hybridized carbons (Fsp3) is 0.600. The van der Waals surface area contributed by atoms with E-state index < -0.39 is 4.84 Å². The number of hydrogen-bond donors (Lipinski definition) is 0. The molecule has 0 radical (unpaired) electrons. The van der Waals surface area contributed by atoms with Crippen molar-refractivity contribution in [1.82, 2.24) is 9.80 Å². The van der Waals surface area contributed by atoms with Gasteiger partial charge in [0.25, 0.3) is 5.91 Å². The summed E-state index contributed by atoms with van der Waals surface area (Å²) < 4.78 is 0. The highest BCUT2D eigenvalue weighted by Gasteiger charge is 2.30. The number of carbonyl (C=O) groups is 2. The number of unbranched alkanes of at least 4 members (excludes halogenated alkanes) is 3. The third-order valence-corrected chi connectivity index (χ3v) is 5.39. The molecule has 2 amide bonds. The second-order valence-electron chi connectivity index (χ2n) is 6.83. The Balaban J connectivity index is 2.03. The van der Waals surface area contributed by atoms with E-state index in [1.165, 1.54) is 16.0 Å². The minimum atomic E-state index is -1.13. The number of amides is 2. The van der Waals surface area contributed by atoms with Gasteiger partial charge in [0.05, 0.1) is 12.6 Å². The second-order valence-corrected chi connectivity index (χ2v) is 7.93. The SMILES string of the molecule is CCCCCCN(CC(=O)N1CCc2ccccc2C1C)C(=O)C(Cl)Cl. The van der Waals surface area contributed by atoms with E-state index in [1.54, 1.807) is 0 Å². The predicted molar refractivity (Wildman–Crippen MR) is 106 cm³/mol. The molecule has 0 fully saturated rings. The van der Waals surface area contributed by atoms with Gasteiger partial charge in [0, 0.05) is 13.1 Å². The molecule has 0 saturated heterocycles. The van der Waals surface area contributed by atoms with Gasteiger partial charge in [0.1, 0.15) is 0 Å². The van der Waals surface area contributed by atoms with Gasteiger partial charge in [-0.15, -0.1) is 0 Å². The molecule has 0 saturated carbocycles. The number of carbonyl (C=O) groups excluding carboxylic acids is 2. The maximum Gasteiger partial charge on any atom is 0.256 e. The highest BCUT2D eigenvalue weighted by atomic mass is 35.5. The third kappa shape index (κ3) is 5.37. The minimum absolute atomic E-state index is 0.00675. The lowest BCUT2D eigenvalue weighted by molar-refractivity contribution is -0.141. The van der Waals surface area contributed by atoms with Crippen molar-refractivity contribution in [1.29, 1.82) is 0 Å². The molecule has 2 rings (SSSR count). The van der Waals surface area contributed by atoms with E-state index in [0.29, 0.717) is 13.1 Å². The van der Waals surface area contributed by atoms with Gasteiger partial charge >= 0.3 is 0 Å². The van der Waals surface area contributed by atoms with Crippen molar-refractivity contribution in [2.24, 2.45) is 0 Å². The lowest BCUT2D eigenvalue weighted by Gasteiger charge is -2.36. The Labute approximate surface area is 166 Å². The van der Waals surface area contributed by atoms with E-state index in [0.717, 1.165) is 32.1 Å². The quantitative estimate of drug-likeness (QED) is 0.482. The molecule has 1 aliphatic rings. The summed E-state index contributed by atoms with van der Waals surface area (Å²) in [5.41, 5.74) is 2.47. The molecule has 6 heteroatoms. The van der Waals surface area contributed by atoms with Crippen LogP contribution >= 0.6 is 23.2 Å². The van der Waals surface area contributed by atoms with Crippen molar-refractivity contribution in [3.63, 3.8) is 0 Å². The van der Waals surface area contributed by atoms with Crippen LogP contribution in [0.15, 0.2) is 24.3 Å². The number of nitrogens with zero attached hydrogens (tertiary/aromatic N) is 2. The van der Waals surface area contributed by atoms with E-state index in [-0.39, 0.29) is 24.4 Å². The Kier molecular flexibility index (Phi) is 8.23. The van der Waals surface area contributed by atoms with Crippen molar-refractivity contribution in [3.05, 3.63) is 35.4 Å². The molecule has 0 spiro atoms. The lowest BCUT2D eigenvalue weighted by Crippen LogP contribution is -2.47. The van der Waals surface area contributed by atoms with Crippen LogP contribution in [0.4, 0.5) is 0 Å². The second kappa shape index (κ2) is 10.2. The van der Waals surface area contributed by atoms with E-state index in [2.05, 4.69) is 19.1 Å². The average molecular weight is 399 g/mol. The van der Waals surface area contributed by atoms with E-state index >= 15 is 0 Å². The summed E-state index contributed by atoms with van der Waals surface area (Å²) in [6.07, 6.45) is 4.94. The molecule has 0 aromatic heterocycles. The third-order valence-electron chi connectivity index (χ3n) is 5.02. The molecule has 1 aromatic carbocycles. The molecular formula is C20H28Cl2N2O2. The maximum absolute atomic E-state index is 12.9. The average Bonchev–Trinajstić information content (AvgIpc) is 2.64. The number of alkyl halides is 2. The Morgan fingerprint density at radius 2 is 1.96 bits per heavy atom. The van der Waals surface area contributed by atoms with Gasteiger partial charge in [-0.1, -0.05) is 73.7 Å². The summed E-state index contributed by atoms with van der Waals surface area (Å²) in [4.78, 5) is 27.4. The predicted octanol–water partition coefficient (Wildman–Crippen LogP) is 4.34. The Morgan fingerprint density at radius 3 is 2.65 bits per heavy atom. The maximum atomic E-state index is 12.9. The van der Waals surface area contributed by atoms with Crippen molar-refractivity contribution >= 4 is 35.0 Å². The largest absolute Gasteiger partial charge is 0.334 e. The van der Waals surface area contributed by atoms with Gasteiger partial charge in [0.15, 0.2) is 4.84 Å². The minimum Gasteiger partial charge on any atom is -0.334 e. The van der Waals surface area contributed by atoms with Crippen LogP contribution in [0.2, 0.25) is 0 Å². The Bertz CT molecular complexity index is 622. The summed E-state index contributed by atoms with van der Waals surface area (Å²) in [6, 6.07) is 8.22. The normalized spacial score (nSPS) is 16.5. The standard InChI is InChI=1S/C20H28Cl2N2O2/c1-3-4-5-8-12-23(20(26)19(21)22)14-18(25)24-13-11-16-9-6-7-10-17(16)15(24)2/h6-7,9-10,15,19H,3-5,8,11-14H2,1-2H3. The van der Waals surface area contributed by atoms with Crippen molar-refractivity contribution < 1.29 is 9.59 Å². The Hall–Kier alpha value is -1.26. The molecule has 1 aliphatic heterocycles. The summed E-state index contributed by atoms with van der Waals surface area (Å²) in [6.45, 7) is 5.39. The van der Waals surface area contributed by atoms with E-state index in [1.807, 2.05) is 24.0 Å². The summed E-state index contributed by atoms with van der Waals surface area (Å²) in [5.74, 6) is -0.437. The molecule has 0 bridgehead atoms. The fourth-order valence-electron chi connectivity index (χ4n) is 3.50. The fourth-order valence-corrected chi connectivity index (χ4v) is 3.78. The van der Waals surface area contributed by atoms with Gasteiger partial charge < -0.3 is 9.80 Å². The molecular weight excluding hydrogens is 371 g/mol. The van der Waals surface area contributed by atoms with Crippen LogP contribution in [0.25, 0.3) is 0 Å². The first-order chi connectivity index (χ1) is 12.5. The van der Waals surface area contributed by atoms with Gasteiger partial charge in [-0.3, -0.25) is 9.59 Å². The highest BCUT2D eigenvalue weighted by Crippen LogP contribution is 2.29. The highest BCUT2D eigenvalue weighted by molar-refractivity contribution is 6.53. The van der Waals surface area contributed by atoms with Gasteiger partial charge in [-0.25, -0.2) is 0 Å². The van der Waals surface area contributed by atoms with Crippen molar-refractivity contribution in [2.45, 2.75) is 56.8 Å². The van der Waals surface area contributed by atoms with Crippen LogP contribution in [0, 0.1) is 0 Å². The van der Waals surface area contributed by atoms with Crippen LogP contribution in [0.3, 0.4) is 0 Å². The number of halogens is 2. The van der Waals surface area contributed by atoms with Gasteiger partial charge in [-0.05, 0) is 30.9 Å². The molecule has 4 nitrogen and oxygen atoms in total. The van der Waals surface area contributed by atoms with Gasteiger partial charge in [0.2, 0.25) is 5.91 Å². The first kappa shape index (κ1) is 21.0. The molecule has 0 N–H and O–H groups in total. The summed E-state index contributed by atoms with van der Waals surface area (Å²) >= 11 is 11.6.